The van der Waals surface area contributed by atoms with Gasteiger partial charge in [-0.25, -0.2) is 21.9 Å². The lowest BCUT2D eigenvalue weighted by molar-refractivity contribution is -0.318. The fourth-order valence-electron chi connectivity index (χ4n) is 11.4. The Morgan fingerprint density at radius 2 is 1.63 bits per heavy atom. The Kier molecular flexibility index (Phi) is 21.8. The molecule has 1 aromatic heterocycles. The molecule has 5 N–H and O–H groups in total. The van der Waals surface area contributed by atoms with Gasteiger partial charge in [0.2, 0.25) is 0 Å². The summed E-state index contributed by atoms with van der Waals surface area (Å²) in [5.74, 6) is -3.01. The molecule has 3 aliphatic heterocycles. The quantitative estimate of drug-likeness (QED) is 0.142. The third kappa shape index (κ3) is 14.9. The van der Waals surface area contributed by atoms with Crippen molar-refractivity contribution in [1.29, 1.82) is 0 Å². The van der Waals surface area contributed by atoms with Crippen LogP contribution in [0.1, 0.15) is 118 Å². The van der Waals surface area contributed by atoms with E-state index in [-0.39, 0.29) is 36.5 Å². The van der Waals surface area contributed by atoms with Crippen LogP contribution in [-0.2, 0) is 54.2 Å². The van der Waals surface area contributed by atoms with Crippen molar-refractivity contribution in [3.8, 4) is 0 Å². The molecule has 75 heavy (non-hydrogen) atoms. The Balaban J connectivity index is 1.44. The molecule has 0 amide bonds. The average Bonchev–Trinajstić information content (AvgIpc) is 3.82. The number of hydrogen-bond donors (Lipinski definition) is 5. The SMILES string of the molecule is CC[C@H]1OC(=O)[C@H](C)[C@@H](O[C@H]2C[C@@](C)(OC)[C@@H](O)[C@H](C)O2)[C@H](C)[C@@H](OC2O[C@H](C)C[C@H](N(C)CCc3cn([C@H](CF)[C@H](OCF)c4ccc(S(C)(=O)=O)cc4)nn3)[C@H]2O)[C@](C)(O)C[C@@H](C)CN(C)[C@H](C)[C@@H](O)[C@]1(C)O. The number of alkyl halides is 2. The van der Waals surface area contributed by atoms with Gasteiger partial charge in [0.05, 0.1) is 52.1 Å². The zero-order chi connectivity index (χ0) is 56.1. The predicted molar refractivity (Wildman–Crippen MR) is 271 cm³/mol. The fraction of sp³-hybridized carbons (Fsp3) is 0.827. The van der Waals surface area contributed by atoms with Crippen LogP contribution < -0.4 is 0 Å². The van der Waals surface area contributed by atoms with Crippen LogP contribution in [0.25, 0.3) is 0 Å². The number of aliphatic hydroxyl groups excluding tert-OH is 3. The first kappa shape index (κ1) is 63.0. The van der Waals surface area contributed by atoms with Crippen molar-refractivity contribution < 1.29 is 80.7 Å². The number of aliphatic hydroxyl groups is 5. The number of hydrogen-bond acceptors (Lipinski definition) is 19. The first-order valence-corrected chi connectivity index (χ1v) is 28.0. The lowest BCUT2D eigenvalue weighted by Crippen LogP contribution is -2.61. The maximum absolute atomic E-state index is 14.8. The number of cyclic esters (lactones) is 1. The van der Waals surface area contributed by atoms with Crippen LogP contribution in [-0.4, -0.2) is 209 Å². The molecule has 3 fully saturated rings. The van der Waals surface area contributed by atoms with Gasteiger partial charge in [-0.1, -0.05) is 38.1 Å². The summed E-state index contributed by atoms with van der Waals surface area (Å²) < 4.78 is 97.3. The molecule has 20 nitrogen and oxygen atoms in total. The molecule has 0 bridgehead atoms. The van der Waals surface area contributed by atoms with Crippen LogP contribution in [0.5, 0.6) is 0 Å². The highest BCUT2D eigenvalue weighted by Gasteiger charge is 2.53. The Morgan fingerprint density at radius 3 is 2.21 bits per heavy atom. The molecule has 0 aliphatic carbocycles. The zero-order valence-electron chi connectivity index (χ0n) is 46.3. The minimum Gasteiger partial charge on any atom is -0.459 e. The number of halogens is 2. The van der Waals surface area contributed by atoms with Crippen LogP contribution in [0.15, 0.2) is 35.4 Å². The number of ether oxygens (including phenoxy) is 7. The molecule has 1 unspecified atom stereocenters. The topological polar surface area (TPSA) is 254 Å². The number of likely N-dealkylation sites (N-methyl/N-ethyl adjacent to an activating group) is 2. The molecule has 0 spiro atoms. The van der Waals surface area contributed by atoms with Gasteiger partial charge in [-0.2, -0.15) is 0 Å². The van der Waals surface area contributed by atoms with Crippen molar-refractivity contribution in [2.75, 3.05) is 54.1 Å². The van der Waals surface area contributed by atoms with E-state index in [1.165, 1.54) is 49.2 Å². The van der Waals surface area contributed by atoms with Gasteiger partial charge in [0.15, 0.2) is 29.3 Å². The average molecular weight is 1090 g/mol. The number of benzene rings is 1. The van der Waals surface area contributed by atoms with Gasteiger partial charge in [0.1, 0.15) is 48.8 Å². The number of aromatic nitrogens is 3. The maximum Gasteiger partial charge on any atom is 0.311 e. The van der Waals surface area contributed by atoms with Crippen molar-refractivity contribution in [3.05, 3.63) is 41.7 Å². The number of carbonyl (C=O) groups excluding carboxylic acids is 1. The first-order chi connectivity index (χ1) is 34.9. The normalized spacial score (nSPS) is 39.1. The number of rotatable bonds is 17. The summed E-state index contributed by atoms with van der Waals surface area (Å²) in [6, 6.07) is 3.24. The highest BCUT2D eigenvalue weighted by molar-refractivity contribution is 7.90. The molecule has 430 valence electrons. The predicted octanol–water partition coefficient (Wildman–Crippen LogP) is 3.70. The second kappa shape index (κ2) is 25.9. The Hall–Kier alpha value is -2.88. The number of methoxy groups -OCH3 is 1. The van der Waals surface area contributed by atoms with E-state index in [9.17, 15) is 47.5 Å². The van der Waals surface area contributed by atoms with Gasteiger partial charge in [-0.05, 0) is 105 Å². The third-order valence-corrected chi connectivity index (χ3v) is 17.2. The van der Waals surface area contributed by atoms with Gasteiger partial charge in [0.25, 0.3) is 0 Å². The Bertz CT molecular complexity index is 2230. The summed E-state index contributed by atoms with van der Waals surface area (Å²) >= 11 is 0. The van der Waals surface area contributed by atoms with Gasteiger partial charge >= 0.3 is 5.97 Å². The highest BCUT2D eigenvalue weighted by atomic mass is 32.2. The number of carbonyl (C=O) groups is 1. The molecule has 1 aromatic carbocycles. The Morgan fingerprint density at radius 1 is 0.973 bits per heavy atom. The summed E-state index contributed by atoms with van der Waals surface area (Å²) in [5, 5.41) is 68.1. The van der Waals surface area contributed by atoms with E-state index >= 15 is 0 Å². The molecular formula is C52H87F2N5O15S. The fourth-order valence-corrected chi connectivity index (χ4v) is 12.0. The highest BCUT2D eigenvalue weighted by Crippen LogP contribution is 2.41. The summed E-state index contributed by atoms with van der Waals surface area (Å²) in [5.41, 5.74) is -3.88. The number of sulfone groups is 1. The van der Waals surface area contributed by atoms with Crippen LogP contribution in [0.4, 0.5) is 8.78 Å². The van der Waals surface area contributed by atoms with Crippen LogP contribution in [0.2, 0.25) is 0 Å². The molecule has 4 heterocycles. The molecule has 0 radical (unpaired) electrons. The molecule has 2 aromatic rings. The minimum absolute atomic E-state index is 0.0395. The van der Waals surface area contributed by atoms with Crippen LogP contribution in [0, 0.1) is 17.8 Å². The number of esters is 1. The van der Waals surface area contributed by atoms with Gasteiger partial charge in [0, 0.05) is 63.5 Å². The summed E-state index contributed by atoms with van der Waals surface area (Å²) in [6.45, 7) is 15.6. The van der Waals surface area contributed by atoms with Crippen molar-refractivity contribution in [3.63, 3.8) is 0 Å². The molecule has 23 heteroatoms. The summed E-state index contributed by atoms with van der Waals surface area (Å²) in [4.78, 5) is 18.3. The Labute approximate surface area is 442 Å². The minimum atomic E-state index is -3.52. The monoisotopic (exact) mass is 1090 g/mol. The van der Waals surface area contributed by atoms with E-state index < -0.39 is 144 Å². The first-order valence-electron chi connectivity index (χ1n) is 26.2. The molecular weight excluding hydrogens is 1000 g/mol. The smallest absolute Gasteiger partial charge is 0.311 e. The molecule has 20 atom stereocenters. The van der Waals surface area contributed by atoms with Gasteiger partial charge < -0.3 is 68.5 Å². The van der Waals surface area contributed by atoms with Crippen molar-refractivity contribution in [2.24, 2.45) is 17.8 Å². The van der Waals surface area contributed by atoms with Crippen molar-refractivity contribution >= 4 is 15.8 Å². The van der Waals surface area contributed by atoms with Crippen molar-refractivity contribution in [1.82, 2.24) is 24.8 Å². The van der Waals surface area contributed by atoms with Crippen LogP contribution in [0.3, 0.4) is 0 Å². The van der Waals surface area contributed by atoms with E-state index in [0.29, 0.717) is 30.8 Å². The van der Waals surface area contributed by atoms with E-state index in [1.807, 2.05) is 30.7 Å². The molecule has 0 saturated carbocycles. The van der Waals surface area contributed by atoms with E-state index in [2.05, 4.69) is 10.3 Å². The van der Waals surface area contributed by atoms with E-state index in [4.69, 9.17) is 33.2 Å². The lowest BCUT2D eigenvalue weighted by atomic mass is 9.77. The van der Waals surface area contributed by atoms with Gasteiger partial charge in [-0.15, -0.1) is 5.10 Å². The molecule has 3 aliphatic rings. The zero-order valence-corrected chi connectivity index (χ0v) is 47.1. The molecule has 3 saturated heterocycles. The van der Waals surface area contributed by atoms with Crippen molar-refractivity contribution in [2.45, 2.75) is 209 Å². The summed E-state index contributed by atoms with van der Waals surface area (Å²) in [6.07, 6.45) is -8.28. The summed E-state index contributed by atoms with van der Waals surface area (Å²) in [7, 11) is 1.57. The van der Waals surface area contributed by atoms with Gasteiger partial charge in [-0.3, -0.25) is 4.79 Å². The second-order valence-corrected chi connectivity index (χ2v) is 24.4. The lowest BCUT2D eigenvalue weighted by Gasteiger charge is -2.49. The molecule has 5 rings (SSSR count). The largest absolute Gasteiger partial charge is 0.459 e. The number of nitrogens with zero attached hydrogens (tertiary/aromatic N) is 5. The third-order valence-electron chi connectivity index (χ3n) is 16.1. The maximum atomic E-state index is 14.8. The standard InChI is InChI=1S/C52H87F2N5O15S/c1-15-40-52(10,65)45(61)33(6)58(12)26-29(2)23-50(8,64)47(31(4)43(32(5)48(63)72-40)73-41-24-51(9,68-13)46(62)34(7)71-41)74-49-42(60)38(22-30(3)70-49)57(11)21-20-36-27-59(56-55-36)39(25-53)44(69-28-54)35-16-18-37(19-17-35)75(14,66)67/h16-19,27,29-34,38-47,49,60-62,64-65H,15,20-26,28H2,1-14H3/t29-,30-,31+,32-,33-,34+,38+,39-,40-,41+,42-,43+,44-,45-,46+,47-,49?,50-,51-,52-/m1/s1. The van der Waals surface area contributed by atoms with E-state index in [0.717, 1.165) is 6.26 Å². The second-order valence-electron chi connectivity index (χ2n) is 22.4. The van der Waals surface area contributed by atoms with E-state index in [1.54, 1.807) is 55.5 Å². The van der Waals surface area contributed by atoms with Crippen LogP contribution >= 0.6 is 0 Å².